The van der Waals surface area contributed by atoms with E-state index >= 15 is 0 Å². The van der Waals surface area contributed by atoms with E-state index in [-0.39, 0.29) is 11.9 Å². The molecule has 2 aromatic rings. The van der Waals surface area contributed by atoms with Crippen LogP contribution in [0.1, 0.15) is 38.1 Å². The van der Waals surface area contributed by atoms with E-state index in [0.29, 0.717) is 25.3 Å². The summed E-state index contributed by atoms with van der Waals surface area (Å²) in [4.78, 5) is 16.8. The molecule has 25 heavy (non-hydrogen) atoms. The molecule has 0 bridgehead atoms. The number of hydrogen-bond acceptors (Lipinski definition) is 4. The molecule has 0 saturated carbocycles. The third kappa shape index (κ3) is 4.30. The van der Waals surface area contributed by atoms with Gasteiger partial charge in [0.2, 0.25) is 5.91 Å². The van der Waals surface area contributed by atoms with Crippen LogP contribution in [-0.4, -0.2) is 41.6 Å². The largest absolute Gasteiger partial charge is 0.467 e. The van der Waals surface area contributed by atoms with E-state index < -0.39 is 6.10 Å². The number of carbonyl (C=O) groups is 1. The first-order chi connectivity index (χ1) is 12.2. The lowest BCUT2D eigenvalue weighted by atomic mass is 10.1. The summed E-state index contributed by atoms with van der Waals surface area (Å²) in [6.45, 7) is 3.93. The van der Waals surface area contributed by atoms with Crippen LogP contribution in [0.15, 0.2) is 53.1 Å². The van der Waals surface area contributed by atoms with Crippen LogP contribution in [-0.2, 0) is 4.79 Å². The van der Waals surface area contributed by atoms with Crippen molar-refractivity contribution in [3.8, 4) is 0 Å². The normalized spacial score (nSPS) is 19.0. The van der Waals surface area contributed by atoms with Gasteiger partial charge in [-0.2, -0.15) is 0 Å². The molecule has 134 valence electrons. The Morgan fingerprint density at radius 1 is 1.32 bits per heavy atom. The lowest BCUT2D eigenvalue weighted by Crippen LogP contribution is -2.42. The summed E-state index contributed by atoms with van der Waals surface area (Å²) in [5, 5.41) is 10.3. The lowest BCUT2D eigenvalue weighted by molar-refractivity contribution is -0.120. The van der Waals surface area contributed by atoms with Crippen molar-refractivity contribution in [3.63, 3.8) is 0 Å². The number of carbonyl (C=O) groups excluding carboxylic acids is 1. The van der Waals surface area contributed by atoms with Crippen LogP contribution < -0.4 is 4.90 Å². The number of para-hydroxylation sites is 1. The summed E-state index contributed by atoms with van der Waals surface area (Å²) in [6, 6.07) is 13.6. The highest BCUT2D eigenvalue weighted by Gasteiger charge is 2.30. The molecule has 1 aliphatic heterocycles. The SMILES string of the molecule is CCN(C(=O)CN1CCCC1CC(O)c1ccco1)c1ccccc1. The van der Waals surface area contributed by atoms with Crippen molar-refractivity contribution < 1.29 is 14.3 Å². The maximum atomic E-state index is 12.8. The number of rotatable bonds is 7. The van der Waals surface area contributed by atoms with Crippen molar-refractivity contribution in [1.29, 1.82) is 0 Å². The number of hydrogen-bond donors (Lipinski definition) is 1. The predicted molar refractivity (Wildman–Crippen MR) is 97.3 cm³/mol. The topological polar surface area (TPSA) is 56.9 Å². The van der Waals surface area contributed by atoms with Crippen LogP contribution in [0.4, 0.5) is 5.69 Å². The van der Waals surface area contributed by atoms with Crippen molar-refractivity contribution >= 4 is 11.6 Å². The Kier molecular flexibility index (Phi) is 5.89. The maximum Gasteiger partial charge on any atom is 0.241 e. The fourth-order valence-electron chi connectivity index (χ4n) is 3.59. The fraction of sp³-hybridized carbons (Fsp3) is 0.450. The molecule has 2 heterocycles. The van der Waals surface area contributed by atoms with E-state index in [1.165, 1.54) is 0 Å². The lowest BCUT2D eigenvalue weighted by Gasteiger charge is -2.28. The van der Waals surface area contributed by atoms with Crippen molar-refractivity contribution in [2.45, 2.75) is 38.3 Å². The van der Waals surface area contributed by atoms with Gasteiger partial charge in [0.05, 0.1) is 12.8 Å². The van der Waals surface area contributed by atoms with Gasteiger partial charge in [-0.05, 0) is 57.0 Å². The molecule has 1 saturated heterocycles. The molecule has 2 atom stereocenters. The molecule has 1 fully saturated rings. The molecule has 1 N–H and O–H groups in total. The zero-order valence-corrected chi connectivity index (χ0v) is 14.7. The number of likely N-dealkylation sites (tertiary alicyclic amines) is 1. The molecule has 5 heteroatoms. The quantitative estimate of drug-likeness (QED) is 0.839. The highest BCUT2D eigenvalue weighted by molar-refractivity contribution is 5.94. The number of aliphatic hydroxyl groups excluding tert-OH is 1. The average Bonchev–Trinajstić information content (AvgIpc) is 3.29. The molecule has 2 unspecified atom stereocenters. The molecular formula is C20H26N2O3. The van der Waals surface area contributed by atoms with Crippen molar-refractivity contribution in [3.05, 3.63) is 54.5 Å². The third-order valence-electron chi connectivity index (χ3n) is 4.89. The number of nitrogens with zero attached hydrogens (tertiary/aromatic N) is 2. The zero-order chi connectivity index (χ0) is 17.6. The second-order valence-electron chi connectivity index (χ2n) is 6.51. The Balaban J connectivity index is 1.61. The third-order valence-corrected chi connectivity index (χ3v) is 4.89. The fourth-order valence-corrected chi connectivity index (χ4v) is 3.59. The first kappa shape index (κ1) is 17.7. The number of amides is 1. The smallest absolute Gasteiger partial charge is 0.241 e. The van der Waals surface area contributed by atoms with Gasteiger partial charge in [0.15, 0.2) is 0 Å². The van der Waals surface area contributed by atoms with E-state index in [4.69, 9.17) is 4.42 Å². The summed E-state index contributed by atoms with van der Waals surface area (Å²) in [5.41, 5.74) is 0.932. The molecule has 1 amide bonds. The molecule has 1 aromatic carbocycles. The Labute approximate surface area is 148 Å². The minimum Gasteiger partial charge on any atom is -0.467 e. The molecule has 1 aromatic heterocycles. The molecule has 0 aliphatic carbocycles. The van der Waals surface area contributed by atoms with Crippen LogP contribution in [0, 0.1) is 0 Å². The zero-order valence-electron chi connectivity index (χ0n) is 14.7. The second-order valence-corrected chi connectivity index (χ2v) is 6.51. The number of furan rings is 1. The molecule has 0 spiro atoms. The summed E-state index contributed by atoms with van der Waals surface area (Å²) < 4.78 is 5.29. The summed E-state index contributed by atoms with van der Waals surface area (Å²) in [6.07, 6.45) is 3.61. The van der Waals surface area contributed by atoms with E-state index in [9.17, 15) is 9.90 Å². The number of benzene rings is 1. The van der Waals surface area contributed by atoms with Gasteiger partial charge in [0.25, 0.3) is 0 Å². The minimum atomic E-state index is -0.618. The Hall–Kier alpha value is -2.11. The first-order valence-corrected chi connectivity index (χ1v) is 9.00. The monoisotopic (exact) mass is 342 g/mol. The summed E-state index contributed by atoms with van der Waals surface area (Å²) in [5.74, 6) is 0.700. The maximum absolute atomic E-state index is 12.8. The highest BCUT2D eigenvalue weighted by Crippen LogP contribution is 2.27. The van der Waals surface area contributed by atoms with E-state index in [0.717, 1.165) is 25.1 Å². The van der Waals surface area contributed by atoms with Gasteiger partial charge in [0, 0.05) is 18.3 Å². The van der Waals surface area contributed by atoms with Gasteiger partial charge in [-0.3, -0.25) is 9.69 Å². The summed E-state index contributed by atoms with van der Waals surface area (Å²) in [7, 11) is 0. The van der Waals surface area contributed by atoms with Gasteiger partial charge >= 0.3 is 0 Å². The van der Waals surface area contributed by atoms with E-state index in [2.05, 4.69) is 4.90 Å². The molecule has 3 rings (SSSR count). The summed E-state index contributed by atoms with van der Waals surface area (Å²) >= 11 is 0. The Morgan fingerprint density at radius 2 is 2.12 bits per heavy atom. The number of aliphatic hydroxyl groups is 1. The van der Waals surface area contributed by atoms with Crippen LogP contribution in [0.2, 0.25) is 0 Å². The van der Waals surface area contributed by atoms with Crippen LogP contribution in [0.3, 0.4) is 0 Å². The van der Waals surface area contributed by atoms with E-state index in [1.807, 2.05) is 42.2 Å². The van der Waals surface area contributed by atoms with E-state index in [1.54, 1.807) is 18.4 Å². The average molecular weight is 342 g/mol. The van der Waals surface area contributed by atoms with Gasteiger partial charge in [0.1, 0.15) is 11.9 Å². The van der Waals surface area contributed by atoms with Gasteiger partial charge in [-0.25, -0.2) is 0 Å². The highest BCUT2D eigenvalue weighted by atomic mass is 16.4. The molecule has 0 radical (unpaired) electrons. The Morgan fingerprint density at radius 3 is 2.80 bits per heavy atom. The molecular weight excluding hydrogens is 316 g/mol. The van der Waals surface area contributed by atoms with Crippen LogP contribution >= 0.6 is 0 Å². The van der Waals surface area contributed by atoms with Gasteiger partial charge in [-0.15, -0.1) is 0 Å². The minimum absolute atomic E-state index is 0.105. The van der Waals surface area contributed by atoms with Gasteiger partial charge in [-0.1, -0.05) is 18.2 Å². The Bertz CT molecular complexity index is 657. The van der Waals surface area contributed by atoms with Crippen molar-refractivity contribution in [1.82, 2.24) is 4.90 Å². The molecule has 5 nitrogen and oxygen atoms in total. The van der Waals surface area contributed by atoms with Crippen LogP contribution in [0.25, 0.3) is 0 Å². The predicted octanol–water partition coefficient (Wildman–Crippen LogP) is 3.22. The molecule has 1 aliphatic rings. The van der Waals surface area contributed by atoms with Gasteiger partial charge < -0.3 is 14.4 Å². The van der Waals surface area contributed by atoms with Crippen molar-refractivity contribution in [2.24, 2.45) is 0 Å². The first-order valence-electron chi connectivity index (χ1n) is 9.00. The number of anilines is 1. The van der Waals surface area contributed by atoms with Crippen molar-refractivity contribution in [2.75, 3.05) is 24.5 Å². The van der Waals surface area contributed by atoms with Crippen LogP contribution in [0.5, 0.6) is 0 Å². The number of likely N-dealkylation sites (N-methyl/N-ethyl adjacent to an activating group) is 1. The standard InChI is InChI=1S/C20H26N2O3/c1-2-22(16-8-4-3-5-9-16)20(24)15-21-12-6-10-17(21)14-18(23)19-11-7-13-25-19/h3-5,7-9,11,13,17-18,23H,2,6,10,12,14-15H2,1H3. The second kappa shape index (κ2) is 8.32.